The lowest BCUT2D eigenvalue weighted by atomic mass is 10.0. The van der Waals surface area contributed by atoms with E-state index >= 15 is 0 Å². The maximum Gasteiger partial charge on any atom is 0.326 e. The van der Waals surface area contributed by atoms with Crippen LogP contribution < -0.4 is 43.4 Å². The Labute approximate surface area is 284 Å². The Morgan fingerprint density at radius 3 is 1.42 bits per heavy atom. The number of carboxylic acid groups (broad SMARTS) is 3. The van der Waals surface area contributed by atoms with Crippen molar-refractivity contribution in [2.45, 2.75) is 82.2 Å². The lowest BCUT2D eigenvalue weighted by Crippen LogP contribution is -2.61. The predicted octanol–water partition coefficient (Wildman–Crippen LogP) is -6.82. The molecule has 0 fully saturated rings. The number of carbonyl (C=O) groups excluding carboxylic acids is 7. The van der Waals surface area contributed by atoms with Gasteiger partial charge in [-0.1, -0.05) is 13.8 Å². The first-order valence-electron chi connectivity index (χ1n) is 14.9. The van der Waals surface area contributed by atoms with Crippen LogP contribution >= 0.6 is 0 Å². The van der Waals surface area contributed by atoms with Crippen molar-refractivity contribution >= 4 is 59.3 Å². The van der Waals surface area contributed by atoms with E-state index in [9.17, 15) is 63.3 Å². The van der Waals surface area contributed by atoms with Crippen molar-refractivity contribution in [2.75, 3.05) is 19.8 Å². The van der Waals surface area contributed by atoms with Gasteiger partial charge in [-0.25, -0.2) is 4.79 Å². The Balaban J connectivity index is 6.11. The zero-order valence-corrected chi connectivity index (χ0v) is 27.2. The Morgan fingerprint density at radius 2 is 0.980 bits per heavy atom. The van der Waals surface area contributed by atoms with Gasteiger partial charge in [0.25, 0.3) is 0 Å². The second-order valence-corrected chi connectivity index (χ2v) is 11.2. The van der Waals surface area contributed by atoms with Gasteiger partial charge in [0.1, 0.15) is 36.3 Å². The van der Waals surface area contributed by atoms with Gasteiger partial charge in [0.05, 0.1) is 32.6 Å². The molecule has 0 aliphatic carbocycles. The third-order valence-corrected chi connectivity index (χ3v) is 6.49. The minimum atomic E-state index is -1.94. The number of aliphatic carboxylic acids is 3. The summed E-state index contributed by atoms with van der Waals surface area (Å²) in [4.78, 5) is 122. The molecule has 0 aromatic carbocycles. The summed E-state index contributed by atoms with van der Waals surface area (Å²) in [6, 6.07) is -10.4. The normalized spacial score (nSPS) is 14.4. The molecule has 0 rings (SSSR count). The molecule has 0 aromatic heterocycles. The van der Waals surface area contributed by atoms with Crippen LogP contribution in [0.4, 0.5) is 0 Å². The summed E-state index contributed by atoms with van der Waals surface area (Å²) < 4.78 is 0. The largest absolute Gasteiger partial charge is 0.481 e. The van der Waals surface area contributed by atoms with Crippen LogP contribution in [0.1, 0.15) is 46.0 Å². The van der Waals surface area contributed by atoms with Gasteiger partial charge < -0.3 is 68.9 Å². The molecule has 0 aliphatic rings. The van der Waals surface area contributed by atoms with Gasteiger partial charge in [-0.15, -0.1) is 0 Å². The number of primary amides is 1. The average Bonchev–Trinajstić information content (AvgIpc) is 3.01. The summed E-state index contributed by atoms with van der Waals surface area (Å²) in [7, 11) is 0. The highest BCUT2D eigenvalue weighted by Gasteiger charge is 2.34. The van der Waals surface area contributed by atoms with Gasteiger partial charge >= 0.3 is 17.9 Å². The maximum absolute atomic E-state index is 13.3. The highest BCUT2D eigenvalue weighted by molar-refractivity contribution is 5.98. The Bertz CT molecular complexity index is 1280. The first kappa shape index (κ1) is 44.6. The number of aliphatic hydroxyl groups is 2. The van der Waals surface area contributed by atoms with Crippen LogP contribution in [0.15, 0.2) is 0 Å². The Morgan fingerprint density at radius 1 is 0.560 bits per heavy atom. The predicted molar refractivity (Wildman–Crippen MR) is 165 cm³/mol. The summed E-state index contributed by atoms with van der Waals surface area (Å²) >= 11 is 0. The third kappa shape index (κ3) is 17.1. The molecule has 50 heavy (non-hydrogen) atoms. The van der Waals surface area contributed by atoms with Gasteiger partial charge in [-0.05, 0) is 18.8 Å². The SMILES string of the molecule is CC(C)C[C@H](NC(=O)[C@H](CC(N)=O)NC(=O)[C@H](CO)NC(=O)[C@H](CO)NC(=O)CN)C(=O)N[C@@H](CCC(=O)O)C(=O)N[C@@H](CC(=O)O)C(=O)O. The Kier molecular flexibility index (Phi) is 19.8. The second-order valence-electron chi connectivity index (χ2n) is 11.2. The van der Waals surface area contributed by atoms with E-state index in [4.69, 9.17) is 21.7 Å². The summed E-state index contributed by atoms with van der Waals surface area (Å²) in [6.45, 7) is 0.708. The molecule has 0 bridgehead atoms. The zero-order valence-electron chi connectivity index (χ0n) is 27.2. The smallest absolute Gasteiger partial charge is 0.326 e. The highest BCUT2D eigenvalue weighted by Crippen LogP contribution is 2.09. The second kappa shape index (κ2) is 22.3. The average molecular weight is 721 g/mol. The molecule has 0 saturated carbocycles. The van der Waals surface area contributed by atoms with Crippen LogP contribution in [0, 0.1) is 5.92 Å². The van der Waals surface area contributed by atoms with Crippen LogP contribution in [0.25, 0.3) is 0 Å². The molecule has 6 atom stereocenters. The molecule has 23 heteroatoms. The van der Waals surface area contributed by atoms with Crippen molar-refractivity contribution in [3.8, 4) is 0 Å². The number of nitrogens with two attached hydrogens (primary N) is 2. The molecular formula is C27H44N8O15. The van der Waals surface area contributed by atoms with Crippen molar-refractivity contribution in [1.29, 1.82) is 0 Å². The van der Waals surface area contributed by atoms with Gasteiger partial charge in [0, 0.05) is 6.42 Å². The van der Waals surface area contributed by atoms with Crippen LogP contribution in [0.5, 0.6) is 0 Å². The fourth-order valence-corrected chi connectivity index (χ4v) is 4.03. The highest BCUT2D eigenvalue weighted by atomic mass is 16.4. The fourth-order valence-electron chi connectivity index (χ4n) is 4.03. The molecule has 0 saturated heterocycles. The van der Waals surface area contributed by atoms with E-state index in [1.165, 1.54) is 0 Å². The minimum absolute atomic E-state index is 0.148. The number of carboxylic acids is 3. The van der Waals surface area contributed by atoms with Gasteiger partial charge in [0.15, 0.2) is 0 Å². The maximum atomic E-state index is 13.3. The number of amides is 7. The molecule has 0 radical (unpaired) electrons. The summed E-state index contributed by atoms with van der Waals surface area (Å²) in [5, 5.41) is 58.9. The first-order chi connectivity index (χ1) is 23.2. The first-order valence-corrected chi connectivity index (χ1v) is 14.9. The van der Waals surface area contributed by atoms with Crippen LogP contribution in [-0.4, -0.2) is 141 Å². The number of rotatable bonds is 24. The summed E-state index contributed by atoms with van der Waals surface area (Å²) in [5.74, 6) is -12.9. The molecular weight excluding hydrogens is 676 g/mol. The van der Waals surface area contributed by atoms with Crippen molar-refractivity contribution in [3.05, 3.63) is 0 Å². The molecule has 15 N–H and O–H groups in total. The number of hydrogen-bond acceptors (Lipinski definition) is 13. The van der Waals surface area contributed by atoms with Gasteiger partial charge in [-0.2, -0.15) is 0 Å². The zero-order chi connectivity index (χ0) is 38.7. The van der Waals surface area contributed by atoms with Crippen molar-refractivity contribution in [2.24, 2.45) is 17.4 Å². The van der Waals surface area contributed by atoms with Crippen LogP contribution in [0.3, 0.4) is 0 Å². The molecule has 0 heterocycles. The third-order valence-electron chi connectivity index (χ3n) is 6.49. The van der Waals surface area contributed by atoms with Crippen LogP contribution in [-0.2, 0) is 47.9 Å². The fraction of sp³-hybridized carbons (Fsp3) is 0.630. The molecule has 7 amide bonds. The minimum Gasteiger partial charge on any atom is -0.481 e. The van der Waals surface area contributed by atoms with Crippen molar-refractivity contribution in [3.63, 3.8) is 0 Å². The van der Waals surface area contributed by atoms with Gasteiger partial charge in [0.2, 0.25) is 41.4 Å². The van der Waals surface area contributed by atoms with Crippen molar-refractivity contribution < 1.29 is 73.5 Å². The molecule has 0 aliphatic heterocycles. The molecule has 23 nitrogen and oxygen atoms in total. The topological polar surface area (TPSA) is 396 Å². The van der Waals surface area contributed by atoms with E-state index in [1.54, 1.807) is 13.8 Å². The lowest BCUT2D eigenvalue weighted by molar-refractivity contribution is -0.147. The van der Waals surface area contributed by atoms with Gasteiger partial charge in [-0.3, -0.25) is 43.2 Å². The molecule has 0 spiro atoms. The number of carbonyl (C=O) groups is 10. The Hall–Kier alpha value is -5.42. The molecule has 0 unspecified atom stereocenters. The molecule has 282 valence electrons. The van der Waals surface area contributed by atoms with E-state index in [2.05, 4.69) is 21.3 Å². The van der Waals surface area contributed by atoms with E-state index in [0.29, 0.717) is 0 Å². The summed E-state index contributed by atoms with van der Waals surface area (Å²) in [5.41, 5.74) is 10.4. The van der Waals surface area contributed by atoms with Crippen LogP contribution in [0.2, 0.25) is 0 Å². The number of aliphatic hydroxyl groups excluding tert-OH is 2. The molecule has 0 aromatic rings. The monoisotopic (exact) mass is 720 g/mol. The van der Waals surface area contributed by atoms with E-state index in [-0.39, 0.29) is 12.3 Å². The number of nitrogens with one attached hydrogen (secondary N) is 6. The van der Waals surface area contributed by atoms with E-state index in [0.717, 1.165) is 0 Å². The van der Waals surface area contributed by atoms with Crippen molar-refractivity contribution in [1.82, 2.24) is 31.9 Å². The standard InChI is InChI=1S/C27H44N8O15/c1-11(2)5-13(23(45)31-12(3-4-20(40)41)22(44)34-15(27(49)50)7-21(42)43)32-24(46)14(6-18(29)38)33-26(48)17(10-37)35-25(47)16(9-36)30-19(39)8-28/h11-17,36-37H,3-10,28H2,1-2H3,(H2,29,38)(H,30,39)(H,31,45)(H,32,46)(H,33,48)(H,34,44)(H,35,47)(H,40,41)(H,42,43)(H,49,50)/t12-,13-,14-,15-,16-,17-/m0/s1. The lowest BCUT2D eigenvalue weighted by Gasteiger charge is -2.27. The summed E-state index contributed by atoms with van der Waals surface area (Å²) in [6.07, 6.45) is -3.35. The quantitative estimate of drug-likeness (QED) is 0.0440. The van der Waals surface area contributed by atoms with E-state index in [1.807, 2.05) is 10.6 Å². The number of hydrogen-bond donors (Lipinski definition) is 13. The van der Waals surface area contributed by atoms with E-state index < -0.39 is 141 Å².